The fraction of sp³-hybridized carbons (Fsp3) is 0.900. The highest BCUT2D eigenvalue weighted by molar-refractivity contribution is 5.80. The van der Waals surface area contributed by atoms with Crippen LogP contribution in [-0.2, 0) is 9.53 Å². The SMILES string of the molecule is CCOC1CCN(C(=O)[C@H](C)O)CC1. The Kier molecular flexibility index (Phi) is 4.35. The zero-order valence-corrected chi connectivity index (χ0v) is 8.90. The minimum absolute atomic E-state index is 0.167. The largest absolute Gasteiger partial charge is 0.384 e. The Balaban J connectivity index is 2.32. The van der Waals surface area contributed by atoms with Gasteiger partial charge >= 0.3 is 0 Å². The number of hydrogen-bond donors (Lipinski definition) is 1. The lowest BCUT2D eigenvalue weighted by Gasteiger charge is -2.32. The molecule has 1 atom stereocenters. The number of hydrogen-bond acceptors (Lipinski definition) is 3. The van der Waals surface area contributed by atoms with E-state index in [0.717, 1.165) is 19.4 Å². The predicted molar refractivity (Wildman–Crippen MR) is 52.9 cm³/mol. The molecule has 1 rings (SSSR count). The van der Waals surface area contributed by atoms with Gasteiger partial charge in [0.25, 0.3) is 5.91 Å². The van der Waals surface area contributed by atoms with E-state index in [9.17, 15) is 4.79 Å². The Bertz CT molecular complexity index is 186. The number of carbonyl (C=O) groups excluding carboxylic acids is 1. The lowest BCUT2D eigenvalue weighted by molar-refractivity contribution is -0.141. The van der Waals surface area contributed by atoms with Crippen LogP contribution in [0, 0.1) is 0 Å². The first-order chi connectivity index (χ1) is 6.65. The molecule has 1 aliphatic rings. The molecule has 1 N–H and O–H groups in total. The van der Waals surface area contributed by atoms with Gasteiger partial charge in [-0.05, 0) is 26.7 Å². The summed E-state index contributed by atoms with van der Waals surface area (Å²) in [6, 6.07) is 0. The normalized spacial score (nSPS) is 20.9. The van der Waals surface area contributed by atoms with E-state index < -0.39 is 6.10 Å². The summed E-state index contributed by atoms with van der Waals surface area (Å²) in [7, 11) is 0. The summed E-state index contributed by atoms with van der Waals surface area (Å²) >= 11 is 0. The standard InChI is InChI=1S/C10H19NO3/c1-3-14-9-4-6-11(7-5-9)10(13)8(2)12/h8-9,12H,3-7H2,1-2H3/t8-/m0/s1. The third-order valence-electron chi connectivity index (χ3n) is 2.51. The molecule has 0 bridgehead atoms. The minimum atomic E-state index is -0.876. The monoisotopic (exact) mass is 201 g/mol. The number of piperidine rings is 1. The molecule has 0 saturated carbocycles. The summed E-state index contributed by atoms with van der Waals surface area (Å²) in [4.78, 5) is 13.1. The van der Waals surface area contributed by atoms with Crippen LogP contribution in [0.5, 0.6) is 0 Å². The maximum Gasteiger partial charge on any atom is 0.251 e. The Morgan fingerprint density at radius 2 is 2.14 bits per heavy atom. The summed E-state index contributed by atoms with van der Waals surface area (Å²) in [6.07, 6.45) is 1.18. The van der Waals surface area contributed by atoms with E-state index in [2.05, 4.69) is 0 Å². The third-order valence-corrected chi connectivity index (χ3v) is 2.51. The van der Waals surface area contributed by atoms with Gasteiger partial charge in [0.05, 0.1) is 6.10 Å². The van der Waals surface area contributed by atoms with Crippen LogP contribution < -0.4 is 0 Å². The topological polar surface area (TPSA) is 49.8 Å². The average Bonchev–Trinajstić information content (AvgIpc) is 2.18. The van der Waals surface area contributed by atoms with E-state index >= 15 is 0 Å². The average molecular weight is 201 g/mol. The van der Waals surface area contributed by atoms with Crippen molar-refractivity contribution in [3.63, 3.8) is 0 Å². The van der Waals surface area contributed by atoms with Crippen molar-refractivity contribution in [3.05, 3.63) is 0 Å². The van der Waals surface area contributed by atoms with Crippen LogP contribution in [0.4, 0.5) is 0 Å². The highest BCUT2D eigenvalue weighted by Gasteiger charge is 2.24. The van der Waals surface area contributed by atoms with Crippen LogP contribution in [0.1, 0.15) is 26.7 Å². The second-order valence-electron chi connectivity index (χ2n) is 3.66. The molecule has 1 amide bonds. The van der Waals surface area contributed by atoms with E-state index in [1.807, 2.05) is 6.92 Å². The van der Waals surface area contributed by atoms with Crippen molar-refractivity contribution in [3.8, 4) is 0 Å². The van der Waals surface area contributed by atoms with Crippen LogP contribution in [0.3, 0.4) is 0 Å². The smallest absolute Gasteiger partial charge is 0.251 e. The second kappa shape index (κ2) is 5.32. The van der Waals surface area contributed by atoms with Gasteiger partial charge in [-0.3, -0.25) is 4.79 Å². The summed E-state index contributed by atoms with van der Waals surface area (Å²) in [6.45, 7) is 5.63. The van der Waals surface area contributed by atoms with Gasteiger partial charge in [0, 0.05) is 19.7 Å². The fourth-order valence-corrected chi connectivity index (χ4v) is 1.74. The number of likely N-dealkylation sites (tertiary alicyclic amines) is 1. The van der Waals surface area contributed by atoms with Gasteiger partial charge in [0.1, 0.15) is 6.10 Å². The summed E-state index contributed by atoms with van der Waals surface area (Å²) in [5.74, 6) is -0.167. The zero-order valence-electron chi connectivity index (χ0n) is 8.90. The molecule has 0 radical (unpaired) electrons. The van der Waals surface area contributed by atoms with Crippen LogP contribution in [0.2, 0.25) is 0 Å². The highest BCUT2D eigenvalue weighted by Crippen LogP contribution is 2.14. The summed E-state index contributed by atoms with van der Waals surface area (Å²) in [5.41, 5.74) is 0. The van der Waals surface area contributed by atoms with Crippen molar-refractivity contribution in [2.45, 2.75) is 38.9 Å². The number of rotatable bonds is 3. The molecule has 0 aromatic rings. The van der Waals surface area contributed by atoms with Crippen LogP contribution in [0.15, 0.2) is 0 Å². The molecule has 0 spiro atoms. The van der Waals surface area contributed by atoms with Crippen molar-refractivity contribution in [1.29, 1.82) is 0 Å². The van der Waals surface area contributed by atoms with Crippen molar-refractivity contribution < 1.29 is 14.6 Å². The lowest BCUT2D eigenvalue weighted by atomic mass is 10.1. The molecule has 0 unspecified atom stereocenters. The molecular formula is C10H19NO3. The molecule has 1 heterocycles. The molecule has 4 heteroatoms. The van der Waals surface area contributed by atoms with Gasteiger partial charge in [-0.15, -0.1) is 0 Å². The van der Waals surface area contributed by atoms with Crippen molar-refractivity contribution in [1.82, 2.24) is 4.90 Å². The Labute approximate surface area is 84.8 Å². The number of carbonyl (C=O) groups is 1. The fourth-order valence-electron chi connectivity index (χ4n) is 1.74. The number of amides is 1. The first-order valence-electron chi connectivity index (χ1n) is 5.23. The molecule has 1 aliphatic heterocycles. The van der Waals surface area contributed by atoms with E-state index in [4.69, 9.17) is 9.84 Å². The Hall–Kier alpha value is -0.610. The van der Waals surface area contributed by atoms with Crippen LogP contribution in [0.25, 0.3) is 0 Å². The molecule has 82 valence electrons. The molecule has 1 fully saturated rings. The number of aliphatic hydroxyl groups is 1. The quantitative estimate of drug-likeness (QED) is 0.719. The van der Waals surface area contributed by atoms with Gasteiger partial charge in [-0.2, -0.15) is 0 Å². The maximum absolute atomic E-state index is 11.4. The Morgan fingerprint density at radius 3 is 2.57 bits per heavy atom. The first-order valence-corrected chi connectivity index (χ1v) is 5.23. The molecular weight excluding hydrogens is 182 g/mol. The predicted octanol–water partition coefficient (Wildman–Crippen LogP) is 0.395. The Morgan fingerprint density at radius 1 is 1.57 bits per heavy atom. The lowest BCUT2D eigenvalue weighted by Crippen LogP contribution is -2.44. The van der Waals surface area contributed by atoms with Gasteiger partial charge in [-0.25, -0.2) is 0 Å². The molecule has 1 saturated heterocycles. The van der Waals surface area contributed by atoms with Crippen molar-refractivity contribution in [2.24, 2.45) is 0 Å². The maximum atomic E-state index is 11.4. The zero-order chi connectivity index (χ0) is 10.6. The molecule has 4 nitrogen and oxygen atoms in total. The van der Waals surface area contributed by atoms with Crippen LogP contribution in [-0.4, -0.2) is 47.8 Å². The van der Waals surface area contributed by atoms with Gasteiger partial charge in [-0.1, -0.05) is 0 Å². The second-order valence-corrected chi connectivity index (χ2v) is 3.66. The number of aliphatic hydroxyl groups excluding tert-OH is 1. The van der Waals surface area contributed by atoms with E-state index in [0.29, 0.717) is 13.1 Å². The first kappa shape index (κ1) is 11.5. The minimum Gasteiger partial charge on any atom is -0.384 e. The van der Waals surface area contributed by atoms with Gasteiger partial charge < -0.3 is 14.7 Å². The van der Waals surface area contributed by atoms with E-state index in [1.54, 1.807) is 4.90 Å². The molecule has 0 aromatic heterocycles. The summed E-state index contributed by atoms with van der Waals surface area (Å²) < 4.78 is 5.47. The molecule has 0 aliphatic carbocycles. The number of ether oxygens (including phenoxy) is 1. The molecule has 0 aromatic carbocycles. The van der Waals surface area contributed by atoms with Crippen molar-refractivity contribution in [2.75, 3.05) is 19.7 Å². The van der Waals surface area contributed by atoms with Crippen LogP contribution >= 0.6 is 0 Å². The van der Waals surface area contributed by atoms with Gasteiger partial charge in [0.2, 0.25) is 0 Å². The number of nitrogens with zero attached hydrogens (tertiary/aromatic N) is 1. The third kappa shape index (κ3) is 2.96. The highest BCUT2D eigenvalue weighted by atomic mass is 16.5. The van der Waals surface area contributed by atoms with E-state index in [-0.39, 0.29) is 12.0 Å². The van der Waals surface area contributed by atoms with Crippen molar-refractivity contribution >= 4 is 5.91 Å². The van der Waals surface area contributed by atoms with Gasteiger partial charge in [0.15, 0.2) is 0 Å². The van der Waals surface area contributed by atoms with E-state index in [1.165, 1.54) is 6.92 Å². The molecule has 14 heavy (non-hydrogen) atoms. The summed E-state index contributed by atoms with van der Waals surface area (Å²) in [5, 5.41) is 9.12.